The normalized spacial score (nSPS) is 14.0. The number of para-hydroxylation sites is 1. The van der Waals surface area contributed by atoms with Gasteiger partial charge in [-0.15, -0.1) is 0 Å². The van der Waals surface area contributed by atoms with E-state index < -0.39 is 0 Å². The smallest absolute Gasteiger partial charge is 0.244 e. The molecule has 1 N–H and O–H groups in total. The molecular formula is C21H22N2O3. The highest BCUT2D eigenvalue weighted by molar-refractivity contribution is 5.95. The van der Waals surface area contributed by atoms with Crippen LogP contribution in [0.15, 0.2) is 54.6 Å². The first kappa shape index (κ1) is 17.7. The van der Waals surface area contributed by atoms with Gasteiger partial charge >= 0.3 is 0 Å². The molecule has 1 aliphatic rings. The van der Waals surface area contributed by atoms with Gasteiger partial charge in [0.15, 0.2) is 0 Å². The van der Waals surface area contributed by atoms with E-state index in [0.717, 1.165) is 35.5 Å². The van der Waals surface area contributed by atoms with Crippen LogP contribution in [0.4, 0.5) is 5.69 Å². The Balaban J connectivity index is 1.55. The first-order valence-electron chi connectivity index (χ1n) is 8.65. The van der Waals surface area contributed by atoms with E-state index in [-0.39, 0.29) is 11.8 Å². The van der Waals surface area contributed by atoms with Crippen LogP contribution < -0.4 is 15.0 Å². The maximum absolute atomic E-state index is 12.0. The summed E-state index contributed by atoms with van der Waals surface area (Å²) in [6, 6.07) is 15.2. The van der Waals surface area contributed by atoms with Gasteiger partial charge in [-0.2, -0.15) is 0 Å². The zero-order valence-corrected chi connectivity index (χ0v) is 14.8. The van der Waals surface area contributed by atoms with Crippen molar-refractivity contribution in [2.24, 2.45) is 0 Å². The largest absolute Gasteiger partial charge is 0.496 e. The molecule has 5 heteroatoms. The minimum atomic E-state index is -0.172. The van der Waals surface area contributed by atoms with Crippen LogP contribution in [0.5, 0.6) is 5.75 Å². The molecule has 2 aromatic rings. The Morgan fingerprint density at radius 1 is 1.19 bits per heavy atom. The lowest BCUT2D eigenvalue weighted by molar-refractivity contribution is -0.117. The Morgan fingerprint density at radius 2 is 1.96 bits per heavy atom. The molecule has 26 heavy (non-hydrogen) atoms. The van der Waals surface area contributed by atoms with Crippen molar-refractivity contribution in [1.82, 2.24) is 5.32 Å². The summed E-state index contributed by atoms with van der Waals surface area (Å²) in [6.07, 6.45) is 4.79. The number of methoxy groups -OCH3 is 1. The molecular weight excluding hydrogens is 328 g/mol. The molecule has 0 atom stereocenters. The van der Waals surface area contributed by atoms with Crippen molar-refractivity contribution in [2.45, 2.75) is 19.4 Å². The van der Waals surface area contributed by atoms with Crippen molar-refractivity contribution >= 4 is 23.6 Å². The van der Waals surface area contributed by atoms with Gasteiger partial charge in [0.2, 0.25) is 11.8 Å². The maximum Gasteiger partial charge on any atom is 0.244 e. The second-order valence-electron chi connectivity index (χ2n) is 6.10. The molecule has 2 amide bonds. The average molecular weight is 350 g/mol. The topological polar surface area (TPSA) is 58.6 Å². The van der Waals surface area contributed by atoms with Crippen molar-refractivity contribution in [2.75, 3.05) is 18.6 Å². The molecule has 1 saturated heterocycles. The summed E-state index contributed by atoms with van der Waals surface area (Å²) in [5, 5.41) is 2.85. The third-order valence-corrected chi connectivity index (χ3v) is 4.35. The van der Waals surface area contributed by atoms with E-state index in [1.54, 1.807) is 18.1 Å². The second-order valence-corrected chi connectivity index (χ2v) is 6.10. The number of nitrogens with one attached hydrogen (secondary N) is 1. The molecule has 0 unspecified atom stereocenters. The Morgan fingerprint density at radius 3 is 2.65 bits per heavy atom. The summed E-state index contributed by atoms with van der Waals surface area (Å²) in [4.78, 5) is 25.6. The first-order chi connectivity index (χ1) is 12.7. The lowest BCUT2D eigenvalue weighted by Crippen LogP contribution is -2.23. The zero-order chi connectivity index (χ0) is 18.4. The first-order valence-corrected chi connectivity index (χ1v) is 8.65. The molecule has 5 nitrogen and oxygen atoms in total. The number of anilines is 1. The fourth-order valence-electron chi connectivity index (χ4n) is 2.95. The molecule has 0 bridgehead atoms. The van der Waals surface area contributed by atoms with Crippen LogP contribution in [0, 0.1) is 0 Å². The van der Waals surface area contributed by atoms with Crippen LogP contribution in [0.25, 0.3) is 6.08 Å². The van der Waals surface area contributed by atoms with Crippen LogP contribution in [0.3, 0.4) is 0 Å². The predicted molar refractivity (Wildman–Crippen MR) is 102 cm³/mol. The van der Waals surface area contributed by atoms with Crippen LogP contribution in [0.1, 0.15) is 24.0 Å². The third-order valence-electron chi connectivity index (χ3n) is 4.35. The second kappa shape index (κ2) is 8.34. The molecule has 3 rings (SSSR count). The lowest BCUT2D eigenvalue weighted by atomic mass is 10.1. The van der Waals surface area contributed by atoms with Gasteiger partial charge in [-0.3, -0.25) is 9.59 Å². The molecule has 1 aliphatic heterocycles. The van der Waals surface area contributed by atoms with Gasteiger partial charge in [0.05, 0.1) is 7.11 Å². The van der Waals surface area contributed by atoms with E-state index in [1.807, 2.05) is 48.5 Å². The van der Waals surface area contributed by atoms with Crippen LogP contribution >= 0.6 is 0 Å². The minimum absolute atomic E-state index is 0.170. The SMILES string of the molecule is COc1ccccc1CNC(=O)/C=C/c1ccc(N2CCCC2=O)cc1. The van der Waals surface area contributed by atoms with Crippen LogP contribution in [-0.4, -0.2) is 25.5 Å². The maximum atomic E-state index is 12.0. The van der Waals surface area contributed by atoms with E-state index in [4.69, 9.17) is 4.74 Å². The van der Waals surface area contributed by atoms with Gasteiger partial charge in [0.25, 0.3) is 0 Å². The number of nitrogens with zero attached hydrogens (tertiary/aromatic N) is 1. The Bertz CT molecular complexity index is 812. The van der Waals surface area contributed by atoms with E-state index in [2.05, 4.69) is 5.32 Å². The molecule has 134 valence electrons. The number of carbonyl (C=O) groups excluding carboxylic acids is 2. The fourth-order valence-corrected chi connectivity index (χ4v) is 2.95. The monoisotopic (exact) mass is 350 g/mol. The van der Waals surface area contributed by atoms with Crippen molar-refractivity contribution in [3.8, 4) is 5.75 Å². The number of hydrogen-bond acceptors (Lipinski definition) is 3. The van der Waals surface area contributed by atoms with Gasteiger partial charge in [0.1, 0.15) is 5.75 Å². The van der Waals surface area contributed by atoms with Crippen LogP contribution in [-0.2, 0) is 16.1 Å². The zero-order valence-electron chi connectivity index (χ0n) is 14.8. The summed E-state index contributed by atoms with van der Waals surface area (Å²) >= 11 is 0. The van der Waals surface area contributed by atoms with Gasteiger partial charge in [-0.05, 0) is 36.3 Å². The molecule has 1 heterocycles. The summed E-state index contributed by atoms with van der Waals surface area (Å²) in [6.45, 7) is 1.18. The number of rotatable bonds is 6. The van der Waals surface area contributed by atoms with Crippen LogP contribution in [0.2, 0.25) is 0 Å². The van der Waals surface area contributed by atoms with E-state index in [1.165, 1.54) is 6.08 Å². The Labute approximate surface area is 153 Å². The van der Waals surface area contributed by atoms with Crippen molar-refractivity contribution in [3.05, 3.63) is 65.7 Å². The molecule has 0 saturated carbocycles. The van der Waals surface area contributed by atoms with E-state index in [0.29, 0.717) is 13.0 Å². The lowest BCUT2D eigenvalue weighted by Gasteiger charge is -2.15. The van der Waals surface area contributed by atoms with Crippen molar-refractivity contribution in [3.63, 3.8) is 0 Å². The van der Waals surface area contributed by atoms with E-state index in [9.17, 15) is 9.59 Å². The average Bonchev–Trinajstić information content (AvgIpc) is 3.11. The minimum Gasteiger partial charge on any atom is -0.496 e. The Hall–Kier alpha value is -3.08. The molecule has 1 fully saturated rings. The number of hydrogen-bond donors (Lipinski definition) is 1. The van der Waals surface area contributed by atoms with Gasteiger partial charge in [0, 0.05) is 36.8 Å². The highest BCUT2D eigenvalue weighted by Gasteiger charge is 2.21. The van der Waals surface area contributed by atoms with Crippen molar-refractivity contribution in [1.29, 1.82) is 0 Å². The summed E-state index contributed by atoms with van der Waals surface area (Å²) in [5.41, 5.74) is 2.74. The number of carbonyl (C=O) groups is 2. The third kappa shape index (κ3) is 4.30. The standard InChI is InChI=1S/C21H22N2O3/c1-26-19-6-3-2-5-17(19)15-22-20(24)13-10-16-8-11-18(12-9-16)23-14-4-7-21(23)25/h2-3,5-6,8-13H,4,7,14-15H2,1H3,(H,22,24)/b13-10+. The predicted octanol–water partition coefficient (Wildman–Crippen LogP) is 3.15. The molecule has 0 aromatic heterocycles. The summed E-state index contributed by atoms with van der Waals surface area (Å²) in [7, 11) is 1.61. The molecule has 2 aromatic carbocycles. The summed E-state index contributed by atoms with van der Waals surface area (Å²) < 4.78 is 5.27. The fraction of sp³-hybridized carbons (Fsp3) is 0.238. The van der Waals surface area contributed by atoms with E-state index >= 15 is 0 Å². The molecule has 0 spiro atoms. The van der Waals surface area contributed by atoms with Gasteiger partial charge in [-0.25, -0.2) is 0 Å². The van der Waals surface area contributed by atoms with Gasteiger partial charge < -0.3 is 15.0 Å². The quantitative estimate of drug-likeness (QED) is 0.814. The number of ether oxygens (including phenoxy) is 1. The highest BCUT2D eigenvalue weighted by Crippen LogP contribution is 2.22. The molecule has 0 radical (unpaired) electrons. The van der Waals surface area contributed by atoms with Crippen molar-refractivity contribution < 1.29 is 14.3 Å². The van der Waals surface area contributed by atoms with Gasteiger partial charge in [-0.1, -0.05) is 30.3 Å². The highest BCUT2D eigenvalue weighted by atomic mass is 16.5. The number of benzene rings is 2. The molecule has 0 aliphatic carbocycles. The number of amides is 2. The Kier molecular flexibility index (Phi) is 5.69. The summed E-state index contributed by atoms with van der Waals surface area (Å²) in [5.74, 6) is 0.752.